The Hall–Kier alpha value is -0.300. The molecule has 1 nitrogen and oxygen atoms in total. The summed E-state index contributed by atoms with van der Waals surface area (Å²) in [6, 6.07) is 0. The average molecular weight is 182 g/mol. The number of allylic oxidation sites excluding steroid dienone is 1. The highest BCUT2D eigenvalue weighted by molar-refractivity contribution is 5.08. The van der Waals surface area contributed by atoms with E-state index < -0.39 is 0 Å². The third-order valence-corrected chi connectivity index (χ3v) is 3.27. The van der Waals surface area contributed by atoms with E-state index in [0.717, 1.165) is 6.42 Å². The Morgan fingerprint density at radius 3 is 2.77 bits per heavy atom. The Kier molecular flexibility index (Phi) is 3.98. The predicted molar refractivity (Wildman–Crippen MR) is 56.7 cm³/mol. The Bertz CT molecular complexity index is 184. The SMILES string of the molecule is CCCCC1(C)CC=C(CO)CC1. The summed E-state index contributed by atoms with van der Waals surface area (Å²) in [4.78, 5) is 0. The topological polar surface area (TPSA) is 20.2 Å². The van der Waals surface area contributed by atoms with E-state index in [4.69, 9.17) is 5.11 Å². The van der Waals surface area contributed by atoms with Gasteiger partial charge in [-0.3, -0.25) is 0 Å². The molecule has 1 aliphatic rings. The maximum Gasteiger partial charge on any atom is 0.0641 e. The smallest absolute Gasteiger partial charge is 0.0641 e. The van der Waals surface area contributed by atoms with Gasteiger partial charge in [0.2, 0.25) is 0 Å². The van der Waals surface area contributed by atoms with Crippen LogP contribution in [-0.2, 0) is 0 Å². The highest BCUT2D eigenvalue weighted by Gasteiger charge is 2.25. The number of unbranched alkanes of at least 4 members (excludes halogenated alkanes) is 1. The predicted octanol–water partition coefficient (Wildman–Crippen LogP) is 3.29. The van der Waals surface area contributed by atoms with Gasteiger partial charge in [0.1, 0.15) is 0 Å². The molecule has 0 amide bonds. The molecule has 0 saturated carbocycles. The molecule has 76 valence electrons. The Morgan fingerprint density at radius 2 is 2.31 bits per heavy atom. The van der Waals surface area contributed by atoms with E-state index in [1.54, 1.807) is 0 Å². The molecule has 0 aromatic carbocycles. The van der Waals surface area contributed by atoms with Crippen LogP contribution in [0.1, 0.15) is 52.4 Å². The van der Waals surface area contributed by atoms with Crippen molar-refractivity contribution in [2.45, 2.75) is 52.4 Å². The van der Waals surface area contributed by atoms with Crippen LogP contribution in [0.3, 0.4) is 0 Å². The quantitative estimate of drug-likeness (QED) is 0.661. The van der Waals surface area contributed by atoms with Gasteiger partial charge >= 0.3 is 0 Å². The van der Waals surface area contributed by atoms with Gasteiger partial charge in [-0.2, -0.15) is 0 Å². The van der Waals surface area contributed by atoms with Crippen molar-refractivity contribution in [2.75, 3.05) is 6.61 Å². The summed E-state index contributed by atoms with van der Waals surface area (Å²) in [7, 11) is 0. The summed E-state index contributed by atoms with van der Waals surface area (Å²) in [6.07, 6.45) is 9.78. The van der Waals surface area contributed by atoms with E-state index in [0.29, 0.717) is 5.41 Å². The molecule has 1 unspecified atom stereocenters. The van der Waals surface area contributed by atoms with Crippen molar-refractivity contribution in [3.05, 3.63) is 11.6 Å². The van der Waals surface area contributed by atoms with Gasteiger partial charge in [0.25, 0.3) is 0 Å². The second-order valence-electron chi connectivity index (χ2n) is 4.64. The largest absolute Gasteiger partial charge is 0.392 e. The van der Waals surface area contributed by atoms with Crippen molar-refractivity contribution in [2.24, 2.45) is 5.41 Å². The van der Waals surface area contributed by atoms with Crippen molar-refractivity contribution in [3.63, 3.8) is 0 Å². The molecule has 0 aliphatic heterocycles. The lowest BCUT2D eigenvalue weighted by Gasteiger charge is -2.32. The van der Waals surface area contributed by atoms with Crippen LogP contribution in [0.25, 0.3) is 0 Å². The van der Waals surface area contributed by atoms with Gasteiger partial charge in [-0.05, 0) is 36.7 Å². The highest BCUT2D eigenvalue weighted by Crippen LogP contribution is 2.38. The fraction of sp³-hybridized carbons (Fsp3) is 0.833. The molecule has 0 heterocycles. The van der Waals surface area contributed by atoms with Crippen LogP contribution in [-0.4, -0.2) is 11.7 Å². The summed E-state index contributed by atoms with van der Waals surface area (Å²) < 4.78 is 0. The molecule has 0 radical (unpaired) electrons. The van der Waals surface area contributed by atoms with Crippen LogP contribution in [0.2, 0.25) is 0 Å². The van der Waals surface area contributed by atoms with E-state index in [2.05, 4.69) is 19.9 Å². The van der Waals surface area contributed by atoms with Crippen molar-refractivity contribution in [3.8, 4) is 0 Å². The monoisotopic (exact) mass is 182 g/mol. The lowest BCUT2D eigenvalue weighted by molar-refractivity contribution is 0.241. The fourth-order valence-corrected chi connectivity index (χ4v) is 2.03. The summed E-state index contributed by atoms with van der Waals surface area (Å²) in [5, 5.41) is 8.97. The van der Waals surface area contributed by atoms with Crippen molar-refractivity contribution >= 4 is 0 Å². The second kappa shape index (κ2) is 4.80. The number of aliphatic hydroxyl groups excluding tert-OH is 1. The highest BCUT2D eigenvalue weighted by atomic mass is 16.3. The summed E-state index contributed by atoms with van der Waals surface area (Å²) in [5.74, 6) is 0. The van der Waals surface area contributed by atoms with E-state index in [9.17, 15) is 0 Å². The number of hydrogen-bond acceptors (Lipinski definition) is 1. The number of rotatable bonds is 4. The van der Waals surface area contributed by atoms with E-state index in [1.165, 1.54) is 37.7 Å². The lowest BCUT2D eigenvalue weighted by atomic mass is 9.73. The molecule has 0 bridgehead atoms. The third-order valence-electron chi connectivity index (χ3n) is 3.27. The van der Waals surface area contributed by atoms with E-state index in [1.807, 2.05) is 0 Å². The second-order valence-corrected chi connectivity index (χ2v) is 4.64. The molecule has 0 aromatic rings. The zero-order valence-corrected chi connectivity index (χ0v) is 8.97. The molecule has 0 spiro atoms. The molecule has 1 N–H and O–H groups in total. The van der Waals surface area contributed by atoms with Crippen LogP contribution in [0, 0.1) is 5.41 Å². The molecular formula is C12H22O. The van der Waals surface area contributed by atoms with Crippen LogP contribution >= 0.6 is 0 Å². The van der Waals surface area contributed by atoms with Gasteiger partial charge in [0.05, 0.1) is 6.61 Å². The molecule has 13 heavy (non-hydrogen) atoms. The van der Waals surface area contributed by atoms with Gasteiger partial charge in [-0.25, -0.2) is 0 Å². The molecule has 1 rings (SSSR count). The minimum absolute atomic E-state index is 0.268. The Morgan fingerprint density at radius 1 is 1.54 bits per heavy atom. The van der Waals surface area contributed by atoms with Crippen molar-refractivity contribution < 1.29 is 5.11 Å². The first-order valence-corrected chi connectivity index (χ1v) is 5.49. The summed E-state index contributed by atoms with van der Waals surface area (Å²) in [6.45, 7) is 4.90. The third kappa shape index (κ3) is 3.15. The van der Waals surface area contributed by atoms with Gasteiger partial charge in [-0.1, -0.05) is 32.8 Å². The molecule has 1 aliphatic carbocycles. The van der Waals surface area contributed by atoms with Crippen LogP contribution in [0.5, 0.6) is 0 Å². The summed E-state index contributed by atoms with van der Waals surface area (Å²) >= 11 is 0. The lowest BCUT2D eigenvalue weighted by Crippen LogP contribution is -2.19. The van der Waals surface area contributed by atoms with Gasteiger partial charge in [0, 0.05) is 0 Å². The van der Waals surface area contributed by atoms with Gasteiger partial charge < -0.3 is 5.11 Å². The van der Waals surface area contributed by atoms with Gasteiger partial charge in [-0.15, -0.1) is 0 Å². The molecule has 0 aromatic heterocycles. The maximum absolute atomic E-state index is 8.97. The Labute approximate surface area is 81.9 Å². The molecular weight excluding hydrogens is 160 g/mol. The van der Waals surface area contributed by atoms with Crippen molar-refractivity contribution in [1.29, 1.82) is 0 Å². The molecule has 1 atom stereocenters. The fourth-order valence-electron chi connectivity index (χ4n) is 2.03. The van der Waals surface area contributed by atoms with Crippen LogP contribution < -0.4 is 0 Å². The first-order chi connectivity index (χ1) is 6.20. The first kappa shape index (κ1) is 10.8. The zero-order valence-electron chi connectivity index (χ0n) is 8.97. The molecule has 0 fully saturated rings. The number of aliphatic hydroxyl groups is 1. The molecule has 1 heteroatoms. The Balaban J connectivity index is 2.41. The zero-order chi connectivity index (χ0) is 9.73. The number of hydrogen-bond donors (Lipinski definition) is 1. The summed E-state index contributed by atoms with van der Waals surface area (Å²) in [5.41, 5.74) is 1.77. The normalized spacial score (nSPS) is 28.7. The maximum atomic E-state index is 8.97. The minimum Gasteiger partial charge on any atom is -0.392 e. The van der Waals surface area contributed by atoms with E-state index in [-0.39, 0.29) is 6.61 Å². The van der Waals surface area contributed by atoms with Crippen LogP contribution in [0.15, 0.2) is 11.6 Å². The van der Waals surface area contributed by atoms with Crippen molar-refractivity contribution in [1.82, 2.24) is 0 Å². The minimum atomic E-state index is 0.268. The van der Waals surface area contributed by atoms with E-state index >= 15 is 0 Å². The van der Waals surface area contributed by atoms with Gasteiger partial charge in [0.15, 0.2) is 0 Å². The molecule has 0 saturated heterocycles. The van der Waals surface area contributed by atoms with Crippen LogP contribution in [0.4, 0.5) is 0 Å². The first-order valence-electron chi connectivity index (χ1n) is 5.49. The standard InChI is InChI=1S/C12H22O/c1-3-4-7-12(2)8-5-11(10-13)6-9-12/h5,13H,3-4,6-10H2,1-2H3. The average Bonchev–Trinajstić information content (AvgIpc) is 2.16.